The average Bonchev–Trinajstić information content (AvgIpc) is 3.24. The Labute approximate surface area is 206 Å². The van der Waals surface area contributed by atoms with Gasteiger partial charge in [-0.05, 0) is 50.1 Å². The fourth-order valence-corrected chi connectivity index (χ4v) is 5.05. The van der Waals surface area contributed by atoms with Crippen LogP contribution < -0.4 is 4.74 Å². The van der Waals surface area contributed by atoms with Gasteiger partial charge in [-0.1, -0.05) is 0 Å². The summed E-state index contributed by atoms with van der Waals surface area (Å²) in [6.07, 6.45) is -1.73. The van der Waals surface area contributed by atoms with E-state index in [4.69, 9.17) is 19.6 Å². The Hall–Kier alpha value is -3.19. The van der Waals surface area contributed by atoms with E-state index in [0.717, 1.165) is 46.6 Å². The minimum atomic E-state index is -5.08. The van der Waals surface area contributed by atoms with E-state index in [0.29, 0.717) is 13.1 Å². The van der Waals surface area contributed by atoms with Crippen molar-refractivity contribution < 1.29 is 36.2 Å². The van der Waals surface area contributed by atoms with Crippen LogP contribution in [0.5, 0.6) is 5.75 Å². The molecule has 1 fully saturated rings. The first-order valence-corrected chi connectivity index (χ1v) is 12.7. The predicted octanol–water partition coefficient (Wildman–Crippen LogP) is 3.81. The fourth-order valence-electron chi connectivity index (χ4n) is 3.92. The average molecular weight is 529 g/mol. The monoisotopic (exact) mass is 528 g/mol. The Kier molecular flexibility index (Phi) is 8.24. The molecule has 0 atom stereocenters. The number of pyridine rings is 1. The molecule has 0 unspecified atom stereocenters. The zero-order valence-corrected chi connectivity index (χ0v) is 20.8. The number of methoxy groups -OCH3 is 1. The lowest BCUT2D eigenvalue weighted by Crippen LogP contribution is -2.38. The summed E-state index contributed by atoms with van der Waals surface area (Å²) in [4.78, 5) is 18.4. The lowest BCUT2D eigenvalue weighted by molar-refractivity contribution is -0.192. The molecule has 3 aromatic rings. The number of halogens is 3. The summed E-state index contributed by atoms with van der Waals surface area (Å²) in [7, 11) is 0.498. The zero-order valence-electron chi connectivity index (χ0n) is 20.0. The van der Waals surface area contributed by atoms with E-state index in [1.54, 1.807) is 24.7 Å². The highest BCUT2D eigenvalue weighted by Crippen LogP contribution is 2.34. The molecule has 1 aliphatic heterocycles. The van der Waals surface area contributed by atoms with E-state index in [2.05, 4.69) is 11.1 Å². The van der Waals surface area contributed by atoms with Gasteiger partial charge in [-0.2, -0.15) is 13.2 Å². The Morgan fingerprint density at radius 2 is 1.78 bits per heavy atom. The van der Waals surface area contributed by atoms with Crippen LogP contribution in [0.3, 0.4) is 0 Å². The smallest absolute Gasteiger partial charge is 0.490 e. The number of ether oxygens (including phenoxy) is 1. The number of benzene rings is 1. The number of imidazole rings is 1. The highest BCUT2D eigenvalue weighted by atomic mass is 32.2. The van der Waals surface area contributed by atoms with Crippen LogP contribution in [0.25, 0.3) is 22.3 Å². The van der Waals surface area contributed by atoms with Crippen LogP contribution in [0.2, 0.25) is 0 Å². The summed E-state index contributed by atoms with van der Waals surface area (Å²) < 4.78 is 64.9. The topological polar surface area (TPSA) is 115 Å². The van der Waals surface area contributed by atoms with Crippen molar-refractivity contribution in [3.8, 4) is 17.0 Å². The molecule has 0 aliphatic carbocycles. The Balaban J connectivity index is 0.000000454. The number of aliphatic carboxylic acids is 1. The first kappa shape index (κ1) is 27.4. The summed E-state index contributed by atoms with van der Waals surface area (Å²) in [5, 5.41) is 7.12. The zero-order chi connectivity index (χ0) is 26.7. The lowest BCUT2D eigenvalue weighted by Gasteiger charge is -2.30. The number of nitrogens with zero attached hydrogens (tertiary/aromatic N) is 4. The number of carbonyl (C=O) groups is 1. The van der Waals surface area contributed by atoms with Gasteiger partial charge in [-0.15, -0.1) is 0 Å². The van der Waals surface area contributed by atoms with Gasteiger partial charge < -0.3 is 14.4 Å². The van der Waals surface area contributed by atoms with Crippen LogP contribution in [0.15, 0.2) is 36.7 Å². The lowest BCUT2D eigenvalue weighted by atomic mass is 9.93. The third-order valence-electron chi connectivity index (χ3n) is 5.97. The summed E-state index contributed by atoms with van der Waals surface area (Å²) in [6.45, 7) is 2.79. The molecule has 0 spiro atoms. The van der Waals surface area contributed by atoms with Crippen molar-refractivity contribution in [2.24, 2.45) is 7.05 Å². The number of aromatic nitrogens is 3. The van der Waals surface area contributed by atoms with Crippen molar-refractivity contribution >= 4 is 27.0 Å². The molecule has 0 radical (unpaired) electrons. The van der Waals surface area contributed by atoms with Gasteiger partial charge in [0.2, 0.25) is 10.0 Å². The second-order valence-electron chi connectivity index (χ2n) is 8.22. The molecule has 13 heteroatoms. The maximum Gasteiger partial charge on any atom is 0.490 e. The number of rotatable bonds is 5. The van der Waals surface area contributed by atoms with Gasteiger partial charge in [0.05, 0.1) is 30.4 Å². The third kappa shape index (κ3) is 6.13. The molecule has 0 saturated carbocycles. The van der Waals surface area contributed by atoms with Crippen LogP contribution in [-0.2, 0) is 21.9 Å². The van der Waals surface area contributed by atoms with Crippen LogP contribution in [0.4, 0.5) is 13.2 Å². The molecule has 1 saturated heterocycles. The normalized spacial score (nSPS) is 15.4. The van der Waals surface area contributed by atoms with E-state index in [1.165, 1.54) is 0 Å². The number of fused-ring (bicyclic) bond motifs is 1. The van der Waals surface area contributed by atoms with Crippen molar-refractivity contribution in [3.63, 3.8) is 0 Å². The number of sulfonamides is 1. The largest absolute Gasteiger partial charge is 0.497 e. The van der Waals surface area contributed by atoms with E-state index in [-0.39, 0.29) is 11.7 Å². The Morgan fingerprint density at radius 3 is 2.28 bits per heavy atom. The highest BCUT2D eigenvalue weighted by molar-refractivity contribution is 7.89. The van der Waals surface area contributed by atoms with Crippen molar-refractivity contribution in [1.29, 1.82) is 0 Å². The van der Waals surface area contributed by atoms with E-state index in [1.807, 2.05) is 35.9 Å². The number of carboxylic acids is 1. The molecule has 4 rings (SSSR count). The van der Waals surface area contributed by atoms with Crippen LogP contribution in [0, 0.1) is 0 Å². The summed E-state index contributed by atoms with van der Waals surface area (Å²) in [6, 6.07) is 9.94. The number of alkyl halides is 3. The van der Waals surface area contributed by atoms with Crippen molar-refractivity contribution in [1.82, 2.24) is 18.8 Å². The summed E-state index contributed by atoms with van der Waals surface area (Å²) in [5.41, 5.74) is 4.74. The van der Waals surface area contributed by atoms with Crippen molar-refractivity contribution in [3.05, 3.63) is 42.4 Å². The molecule has 196 valence electrons. The molecule has 1 aliphatic rings. The molecular weight excluding hydrogens is 501 g/mol. The second kappa shape index (κ2) is 10.8. The van der Waals surface area contributed by atoms with Crippen LogP contribution in [0.1, 0.15) is 31.4 Å². The second-order valence-corrected chi connectivity index (χ2v) is 10.5. The van der Waals surface area contributed by atoms with E-state index in [9.17, 15) is 21.6 Å². The van der Waals surface area contributed by atoms with Crippen molar-refractivity contribution in [2.75, 3.05) is 26.0 Å². The van der Waals surface area contributed by atoms with Gasteiger partial charge in [0.15, 0.2) is 0 Å². The number of hydrogen-bond donors (Lipinski definition) is 1. The Morgan fingerprint density at radius 1 is 1.19 bits per heavy atom. The quantitative estimate of drug-likeness (QED) is 0.536. The summed E-state index contributed by atoms with van der Waals surface area (Å²) >= 11 is 0. The van der Waals surface area contributed by atoms with Gasteiger partial charge in [-0.3, -0.25) is 4.98 Å². The minimum absolute atomic E-state index is 0.151. The van der Waals surface area contributed by atoms with Gasteiger partial charge >= 0.3 is 12.1 Å². The van der Waals surface area contributed by atoms with Crippen LogP contribution in [-0.4, -0.2) is 70.5 Å². The van der Waals surface area contributed by atoms with Crippen LogP contribution >= 0.6 is 0 Å². The van der Waals surface area contributed by atoms with Gasteiger partial charge in [0, 0.05) is 37.3 Å². The molecular formula is C23H27F3N4O5S. The van der Waals surface area contributed by atoms with Gasteiger partial charge in [-0.25, -0.2) is 22.5 Å². The molecule has 3 heterocycles. The molecule has 0 amide bonds. The highest BCUT2D eigenvalue weighted by Gasteiger charge is 2.38. The maximum atomic E-state index is 12.2. The first-order valence-electron chi connectivity index (χ1n) is 11.1. The molecule has 2 aromatic heterocycles. The standard InChI is InChI=1S/C21H26N4O3S.C2HF3O2/c1-4-29(26,27)25-11-9-15(10-12-25)18-13-19-21(22-14-24(19)2)20(23-18)16-5-7-17(28-3)8-6-16;3-2(4,5)1(6)7/h5-8,13-15H,4,9-12H2,1-3H3;(H,6,7). The molecule has 0 bridgehead atoms. The predicted molar refractivity (Wildman–Crippen MR) is 127 cm³/mol. The minimum Gasteiger partial charge on any atom is -0.497 e. The molecule has 36 heavy (non-hydrogen) atoms. The maximum absolute atomic E-state index is 12.2. The number of piperidine rings is 1. The number of hydrogen-bond acceptors (Lipinski definition) is 6. The first-order chi connectivity index (χ1) is 16.9. The number of aryl methyl sites for hydroxylation is 1. The summed E-state index contributed by atoms with van der Waals surface area (Å²) in [5.74, 6) is -1.58. The Bertz CT molecular complexity index is 1320. The van der Waals surface area contributed by atoms with E-state index >= 15 is 0 Å². The van der Waals surface area contributed by atoms with Crippen molar-refractivity contribution in [2.45, 2.75) is 31.9 Å². The number of carboxylic acid groups (broad SMARTS) is 1. The molecule has 9 nitrogen and oxygen atoms in total. The van der Waals surface area contributed by atoms with E-state index < -0.39 is 22.2 Å². The van der Waals surface area contributed by atoms with Gasteiger partial charge in [0.1, 0.15) is 11.3 Å². The molecule has 1 N–H and O–H groups in total. The fraction of sp³-hybridized carbons (Fsp3) is 0.435. The SMILES string of the molecule is CCS(=O)(=O)N1CCC(c2cc3c(ncn3C)c(-c3ccc(OC)cc3)n2)CC1.O=C(O)C(F)(F)F. The third-order valence-corrected chi connectivity index (χ3v) is 7.85. The molecule has 1 aromatic carbocycles. The van der Waals surface area contributed by atoms with Gasteiger partial charge in [0.25, 0.3) is 0 Å².